The van der Waals surface area contributed by atoms with Gasteiger partial charge in [0.15, 0.2) is 0 Å². The molecule has 0 unspecified atom stereocenters. The Hall–Kier alpha value is -1.83. The van der Waals surface area contributed by atoms with Crippen LogP contribution in [0.3, 0.4) is 0 Å². The number of hydrogen-bond acceptors (Lipinski definition) is 4. The first-order valence-electron chi connectivity index (χ1n) is 6.61. The van der Waals surface area contributed by atoms with Crippen molar-refractivity contribution in [1.29, 1.82) is 0 Å². The molecule has 3 rings (SSSR count). The average molecular weight is 333 g/mol. The minimum absolute atomic E-state index is 0.0494. The smallest absolute Gasteiger partial charge is 0.369 e. The number of rotatable bonds is 3. The third kappa shape index (κ3) is 2.51. The van der Waals surface area contributed by atoms with Gasteiger partial charge in [-0.2, -0.15) is 13.2 Å². The number of alkyl halides is 3. The van der Waals surface area contributed by atoms with Gasteiger partial charge in [-0.25, -0.2) is 9.97 Å². The van der Waals surface area contributed by atoms with Crippen molar-refractivity contribution < 1.29 is 18.0 Å². The molecule has 1 amide bonds. The highest BCUT2D eigenvalue weighted by Gasteiger charge is 2.48. The van der Waals surface area contributed by atoms with Crippen molar-refractivity contribution in [3.8, 4) is 0 Å². The van der Waals surface area contributed by atoms with E-state index in [1.807, 2.05) is 12.2 Å². The second-order valence-electron chi connectivity index (χ2n) is 5.45. The summed E-state index contributed by atoms with van der Waals surface area (Å²) in [4.78, 5) is 18.6. The van der Waals surface area contributed by atoms with Crippen molar-refractivity contribution in [2.75, 3.05) is 5.32 Å². The molecule has 0 aromatic carbocycles. The van der Waals surface area contributed by atoms with E-state index >= 15 is 0 Å². The molecular formula is C13H12ClF3N4O. The number of allylic oxidation sites excluding steroid dienone is 1. The van der Waals surface area contributed by atoms with Gasteiger partial charge in [-0.3, -0.25) is 4.79 Å². The van der Waals surface area contributed by atoms with E-state index in [1.54, 1.807) is 0 Å². The quantitative estimate of drug-likeness (QED) is 0.657. The van der Waals surface area contributed by atoms with Gasteiger partial charge >= 0.3 is 6.18 Å². The maximum atomic E-state index is 13.0. The number of nitrogens with two attached hydrogens (primary N) is 1. The molecule has 1 heterocycles. The van der Waals surface area contributed by atoms with Gasteiger partial charge in [0.05, 0.1) is 5.92 Å². The van der Waals surface area contributed by atoms with Crippen LogP contribution in [0.5, 0.6) is 0 Å². The maximum Gasteiger partial charge on any atom is 0.421 e. The van der Waals surface area contributed by atoms with E-state index in [4.69, 9.17) is 17.3 Å². The SMILES string of the molecule is NC(=O)[C@@H]1[C@H](Nc2nc(Cl)ncc2C(F)(F)F)[C@H]2C=C[C@@H]1C2. The molecular weight excluding hydrogens is 321 g/mol. The van der Waals surface area contributed by atoms with Gasteiger partial charge in [0.2, 0.25) is 11.2 Å². The van der Waals surface area contributed by atoms with Gasteiger partial charge in [-0.05, 0) is 29.9 Å². The first-order valence-corrected chi connectivity index (χ1v) is 6.99. The summed E-state index contributed by atoms with van der Waals surface area (Å²) in [6.45, 7) is 0. The number of nitrogens with zero attached hydrogens (tertiary/aromatic N) is 2. The van der Waals surface area contributed by atoms with Crippen molar-refractivity contribution in [3.63, 3.8) is 0 Å². The Morgan fingerprint density at radius 2 is 2.05 bits per heavy atom. The predicted molar refractivity (Wildman–Crippen MR) is 72.9 cm³/mol. The number of carbonyl (C=O) groups is 1. The number of carbonyl (C=O) groups excluding carboxylic acids is 1. The third-order valence-corrected chi connectivity index (χ3v) is 4.34. The zero-order valence-corrected chi connectivity index (χ0v) is 11.9. The van der Waals surface area contributed by atoms with E-state index in [0.717, 1.165) is 0 Å². The Morgan fingerprint density at radius 1 is 1.36 bits per heavy atom. The lowest BCUT2D eigenvalue weighted by Crippen LogP contribution is -2.41. The highest BCUT2D eigenvalue weighted by Crippen LogP contribution is 2.45. The summed E-state index contributed by atoms with van der Waals surface area (Å²) in [6, 6.07) is -0.528. The fourth-order valence-corrected chi connectivity index (χ4v) is 3.38. The average Bonchev–Trinajstić information content (AvgIpc) is 2.97. The van der Waals surface area contributed by atoms with E-state index in [1.165, 1.54) is 0 Å². The van der Waals surface area contributed by atoms with Crippen LogP contribution in [0.25, 0.3) is 0 Å². The zero-order valence-electron chi connectivity index (χ0n) is 11.1. The van der Waals surface area contributed by atoms with Crippen LogP contribution in [0.15, 0.2) is 18.3 Å². The molecule has 0 aliphatic heterocycles. The number of hydrogen-bond donors (Lipinski definition) is 2. The van der Waals surface area contributed by atoms with E-state index in [9.17, 15) is 18.0 Å². The second-order valence-corrected chi connectivity index (χ2v) is 5.78. The number of aromatic nitrogens is 2. The van der Waals surface area contributed by atoms with Crippen molar-refractivity contribution >= 4 is 23.3 Å². The van der Waals surface area contributed by atoms with Crippen LogP contribution in [0, 0.1) is 17.8 Å². The molecule has 2 bridgehead atoms. The van der Waals surface area contributed by atoms with E-state index in [0.29, 0.717) is 12.6 Å². The molecule has 2 aliphatic rings. The lowest BCUT2D eigenvalue weighted by Gasteiger charge is -2.28. The van der Waals surface area contributed by atoms with Gasteiger partial charge in [-0.15, -0.1) is 0 Å². The Morgan fingerprint density at radius 3 is 2.68 bits per heavy atom. The molecule has 5 nitrogen and oxygen atoms in total. The van der Waals surface area contributed by atoms with Crippen molar-refractivity contribution in [3.05, 3.63) is 29.2 Å². The Bertz CT molecular complexity index is 649. The van der Waals surface area contributed by atoms with Crippen LogP contribution in [0.4, 0.5) is 19.0 Å². The number of fused-ring (bicyclic) bond motifs is 2. The Kier molecular flexibility index (Phi) is 3.51. The molecule has 0 saturated heterocycles. The first-order chi connectivity index (χ1) is 10.3. The summed E-state index contributed by atoms with van der Waals surface area (Å²) >= 11 is 5.60. The summed E-state index contributed by atoms with van der Waals surface area (Å²) in [6.07, 6.45) is 0.460. The number of amides is 1. The zero-order chi connectivity index (χ0) is 16.1. The number of nitrogens with one attached hydrogen (secondary N) is 1. The summed E-state index contributed by atoms with van der Waals surface area (Å²) in [5.74, 6) is -1.64. The number of halogens is 4. The molecule has 2 aliphatic carbocycles. The predicted octanol–water partition coefficient (Wildman–Crippen LogP) is 2.24. The fraction of sp³-hybridized carbons (Fsp3) is 0.462. The molecule has 1 fully saturated rings. The van der Waals surface area contributed by atoms with Gasteiger partial charge < -0.3 is 11.1 Å². The lowest BCUT2D eigenvalue weighted by atomic mass is 9.88. The van der Waals surface area contributed by atoms with Crippen LogP contribution < -0.4 is 11.1 Å². The molecule has 1 aromatic heterocycles. The highest BCUT2D eigenvalue weighted by atomic mass is 35.5. The molecule has 4 atom stereocenters. The van der Waals surface area contributed by atoms with Crippen molar-refractivity contribution in [2.24, 2.45) is 23.5 Å². The Labute approximate surface area is 128 Å². The van der Waals surface area contributed by atoms with Crippen LogP contribution in [0.1, 0.15) is 12.0 Å². The fourth-order valence-electron chi connectivity index (χ4n) is 3.24. The van der Waals surface area contributed by atoms with E-state index < -0.39 is 35.4 Å². The topological polar surface area (TPSA) is 80.9 Å². The summed E-state index contributed by atoms with van der Waals surface area (Å²) in [7, 11) is 0. The summed E-state index contributed by atoms with van der Waals surface area (Å²) in [5.41, 5.74) is 4.37. The maximum absolute atomic E-state index is 13.0. The van der Waals surface area contributed by atoms with Crippen LogP contribution in [-0.2, 0) is 11.0 Å². The third-order valence-electron chi connectivity index (χ3n) is 4.16. The minimum atomic E-state index is -4.62. The van der Waals surface area contributed by atoms with E-state index in [-0.39, 0.29) is 17.1 Å². The highest BCUT2D eigenvalue weighted by molar-refractivity contribution is 6.28. The van der Waals surface area contributed by atoms with Gasteiger partial charge in [-0.1, -0.05) is 12.2 Å². The molecule has 1 aromatic rings. The molecule has 118 valence electrons. The van der Waals surface area contributed by atoms with Gasteiger partial charge in [0.25, 0.3) is 0 Å². The van der Waals surface area contributed by atoms with Crippen molar-refractivity contribution in [1.82, 2.24) is 9.97 Å². The van der Waals surface area contributed by atoms with Crippen LogP contribution in [-0.4, -0.2) is 21.9 Å². The molecule has 3 N–H and O–H groups in total. The standard InChI is InChI=1S/C13H12ClF3N4O/c14-12-19-4-7(13(15,16)17)11(21-12)20-9-6-2-1-5(3-6)8(9)10(18)22/h1-2,4-6,8-9H,3H2,(H2,18,22)(H,19,20,21)/t5-,6+,8+,9-/m1/s1. The minimum Gasteiger partial charge on any atom is -0.369 e. The number of primary amides is 1. The summed E-state index contributed by atoms with van der Waals surface area (Å²) < 4.78 is 39.1. The largest absolute Gasteiger partial charge is 0.421 e. The number of anilines is 1. The molecule has 0 radical (unpaired) electrons. The van der Waals surface area contributed by atoms with Crippen molar-refractivity contribution in [2.45, 2.75) is 18.6 Å². The van der Waals surface area contributed by atoms with Crippen LogP contribution >= 0.6 is 11.6 Å². The van der Waals surface area contributed by atoms with Gasteiger partial charge in [0, 0.05) is 12.2 Å². The molecule has 22 heavy (non-hydrogen) atoms. The first kappa shape index (κ1) is 15.1. The van der Waals surface area contributed by atoms with E-state index in [2.05, 4.69) is 15.3 Å². The Balaban J connectivity index is 1.95. The summed E-state index contributed by atoms with van der Waals surface area (Å²) in [5, 5.41) is 2.41. The van der Waals surface area contributed by atoms with Crippen LogP contribution in [0.2, 0.25) is 5.28 Å². The molecule has 9 heteroatoms. The normalized spacial score (nSPS) is 29.8. The second kappa shape index (κ2) is 5.12. The monoisotopic (exact) mass is 332 g/mol. The van der Waals surface area contributed by atoms with Gasteiger partial charge in [0.1, 0.15) is 11.4 Å². The lowest BCUT2D eigenvalue weighted by molar-refractivity contribution is -0.137. The molecule has 1 saturated carbocycles. The molecule has 0 spiro atoms.